The lowest BCUT2D eigenvalue weighted by atomic mass is 9.84. The number of hydrogen-bond donors (Lipinski definition) is 2. The first kappa shape index (κ1) is 15.9. The van der Waals surface area contributed by atoms with Crippen LogP contribution < -0.4 is 10.6 Å². The van der Waals surface area contributed by atoms with Gasteiger partial charge in [-0.15, -0.1) is 0 Å². The van der Waals surface area contributed by atoms with Crippen LogP contribution in [0.5, 0.6) is 0 Å². The van der Waals surface area contributed by atoms with Gasteiger partial charge in [-0.3, -0.25) is 4.79 Å². The van der Waals surface area contributed by atoms with Gasteiger partial charge in [-0.25, -0.2) is 0 Å². The van der Waals surface area contributed by atoms with Crippen molar-refractivity contribution >= 4 is 11.6 Å². The molecule has 116 valence electrons. The summed E-state index contributed by atoms with van der Waals surface area (Å²) in [5.74, 6) is 0.761. The summed E-state index contributed by atoms with van der Waals surface area (Å²) in [7, 11) is 0. The van der Waals surface area contributed by atoms with E-state index in [1.54, 1.807) is 0 Å². The number of amides is 1. The molecule has 3 nitrogen and oxygen atoms in total. The second kappa shape index (κ2) is 7.48. The molecule has 1 atom stereocenters. The zero-order valence-corrected chi connectivity index (χ0v) is 13.5. The first-order chi connectivity index (χ1) is 10.1. The van der Waals surface area contributed by atoms with Crippen LogP contribution in [0.4, 0.5) is 5.69 Å². The third kappa shape index (κ3) is 4.23. The minimum absolute atomic E-state index is 0.00543. The molecule has 1 amide bonds. The van der Waals surface area contributed by atoms with Crippen LogP contribution in [-0.2, 0) is 0 Å². The third-order valence-electron chi connectivity index (χ3n) is 4.58. The highest BCUT2D eigenvalue weighted by atomic mass is 16.1. The molecule has 0 bridgehead atoms. The van der Waals surface area contributed by atoms with Gasteiger partial charge in [0.2, 0.25) is 0 Å². The van der Waals surface area contributed by atoms with Crippen LogP contribution in [-0.4, -0.2) is 18.5 Å². The molecule has 0 aromatic heterocycles. The molecule has 1 aromatic rings. The van der Waals surface area contributed by atoms with Crippen molar-refractivity contribution in [3.8, 4) is 0 Å². The molecule has 0 saturated heterocycles. The van der Waals surface area contributed by atoms with E-state index in [0.717, 1.165) is 17.2 Å². The van der Waals surface area contributed by atoms with Crippen LogP contribution in [0.3, 0.4) is 0 Å². The molecule has 0 radical (unpaired) electrons. The van der Waals surface area contributed by atoms with Crippen molar-refractivity contribution < 1.29 is 4.79 Å². The Labute approximate surface area is 128 Å². The standard InChI is InChI=1S/C18H28N2O/c1-4-19-18(21)16-11-10-13(2)17(12-16)20-14(3)15-8-6-5-7-9-15/h10-12,14-15,20H,4-9H2,1-3H3,(H,19,21). The number of carbonyl (C=O) groups is 1. The summed E-state index contributed by atoms with van der Waals surface area (Å²) in [6.07, 6.45) is 6.74. The second-order valence-electron chi connectivity index (χ2n) is 6.22. The Bertz CT molecular complexity index is 478. The van der Waals surface area contributed by atoms with Crippen molar-refractivity contribution in [3.63, 3.8) is 0 Å². The summed E-state index contributed by atoms with van der Waals surface area (Å²) in [6, 6.07) is 6.38. The van der Waals surface area contributed by atoms with Crippen molar-refractivity contribution in [1.29, 1.82) is 0 Å². The Hall–Kier alpha value is -1.51. The Kier molecular flexibility index (Phi) is 5.66. The molecule has 2 rings (SSSR count). The topological polar surface area (TPSA) is 41.1 Å². The maximum atomic E-state index is 12.0. The number of carbonyl (C=O) groups excluding carboxylic acids is 1. The van der Waals surface area contributed by atoms with E-state index in [9.17, 15) is 4.79 Å². The van der Waals surface area contributed by atoms with Gasteiger partial charge in [-0.2, -0.15) is 0 Å². The van der Waals surface area contributed by atoms with Gasteiger partial charge in [-0.05, 0) is 57.2 Å². The first-order valence-corrected chi connectivity index (χ1v) is 8.27. The largest absolute Gasteiger partial charge is 0.382 e. The average Bonchev–Trinajstić information content (AvgIpc) is 2.50. The smallest absolute Gasteiger partial charge is 0.251 e. The number of rotatable bonds is 5. The molecule has 0 spiro atoms. The van der Waals surface area contributed by atoms with E-state index in [-0.39, 0.29) is 5.91 Å². The predicted octanol–water partition coefficient (Wildman–Crippen LogP) is 4.13. The lowest BCUT2D eigenvalue weighted by Crippen LogP contribution is -2.28. The van der Waals surface area contributed by atoms with Gasteiger partial charge >= 0.3 is 0 Å². The average molecular weight is 288 g/mol. The van der Waals surface area contributed by atoms with Crippen LogP contribution in [0.25, 0.3) is 0 Å². The highest BCUT2D eigenvalue weighted by molar-refractivity contribution is 5.95. The Morgan fingerprint density at radius 1 is 1.29 bits per heavy atom. The molecular formula is C18H28N2O. The van der Waals surface area contributed by atoms with Crippen molar-refractivity contribution in [2.75, 3.05) is 11.9 Å². The molecule has 2 N–H and O–H groups in total. The molecule has 0 heterocycles. The number of benzene rings is 1. The van der Waals surface area contributed by atoms with Crippen LogP contribution in [0.15, 0.2) is 18.2 Å². The van der Waals surface area contributed by atoms with E-state index >= 15 is 0 Å². The molecule has 1 unspecified atom stereocenters. The Morgan fingerprint density at radius 2 is 2.00 bits per heavy atom. The summed E-state index contributed by atoms with van der Waals surface area (Å²) in [5.41, 5.74) is 3.03. The molecule has 1 fully saturated rings. The molecule has 3 heteroatoms. The molecule has 0 aliphatic heterocycles. The van der Waals surface area contributed by atoms with Gasteiger partial charge < -0.3 is 10.6 Å². The Balaban J connectivity index is 2.07. The normalized spacial score (nSPS) is 17.3. The van der Waals surface area contributed by atoms with Gasteiger partial charge in [0.1, 0.15) is 0 Å². The van der Waals surface area contributed by atoms with Crippen molar-refractivity contribution in [3.05, 3.63) is 29.3 Å². The minimum Gasteiger partial charge on any atom is -0.382 e. The number of hydrogen-bond acceptors (Lipinski definition) is 2. The quantitative estimate of drug-likeness (QED) is 0.855. The van der Waals surface area contributed by atoms with Gasteiger partial charge in [-0.1, -0.05) is 25.3 Å². The van der Waals surface area contributed by atoms with Crippen LogP contribution in [0.2, 0.25) is 0 Å². The third-order valence-corrected chi connectivity index (χ3v) is 4.58. The SMILES string of the molecule is CCNC(=O)c1ccc(C)c(NC(C)C2CCCCC2)c1. The summed E-state index contributed by atoms with van der Waals surface area (Å²) in [5, 5.41) is 6.50. The van der Waals surface area contributed by atoms with Crippen LogP contribution in [0, 0.1) is 12.8 Å². The molecular weight excluding hydrogens is 260 g/mol. The lowest BCUT2D eigenvalue weighted by molar-refractivity contribution is 0.0956. The molecule has 21 heavy (non-hydrogen) atoms. The fourth-order valence-electron chi connectivity index (χ4n) is 3.18. The second-order valence-corrected chi connectivity index (χ2v) is 6.22. The van der Waals surface area contributed by atoms with E-state index < -0.39 is 0 Å². The molecule has 1 saturated carbocycles. The lowest BCUT2D eigenvalue weighted by Gasteiger charge is -2.29. The monoisotopic (exact) mass is 288 g/mol. The Morgan fingerprint density at radius 3 is 2.67 bits per heavy atom. The summed E-state index contributed by atoms with van der Waals surface area (Å²) < 4.78 is 0. The van der Waals surface area contributed by atoms with Gasteiger partial charge in [0.05, 0.1) is 0 Å². The van der Waals surface area contributed by atoms with E-state index in [4.69, 9.17) is 0 Å². The zero-order valence-electron chi connectivity index (χ0n) is 13.5. The first-order valence-electron chi connectivity index (χ1n) is 8.27. The number of aryl methyl sites for hydroxylation is 1. The fourth-order valence-corrected chi connectivity index (χ4v) is 3.18. The minimum atomic E-state index is 0.00543. The molecule has 1 aliphatic carbocycles. The van der Waals surface area contributed by atoms with Gasteiger partial charge in [0.15, 0.2) is 0 Å². The predicted molar refractivity (Wildman–Crippen MR) is 88.8 cm³/mol. The maximum absolute atomic E-state index is 12.0. The van der Waals surface area contributed by atoms with Crippen LogP contribution in [0.1, 0.15) is 61.9 Å². The fraction of sp³-hybridized carbons (Fsp3) is 0.611. The van der Waals surface area contributed by atoms with Crippen molar-refractivity contribution in [1.82, 2.24) is 5.32 Å². The van der Waals surface area contributed by atoms with Crippen LogP contribution >= 0.6 is 0 Å². The molecule has 1 aliphatic rings. The van der Waals surface area contributed by atoms with E-state index in [2.05, 4.69) is 24.5 Å². The van der Waals surface area contributed by atoms with Crippen molar-refractivity contribution in [2.24, 2.45) is 5.92 Å². The maximum Gasteiger partial charge on any atom is 0.251 e. The van der Waals surface area contributed by atoms with Crippen molar-refractivity contribution in [2.45, 2.75) is 58.9 Å². The highest BCUT2D eigenvalue weighted by Crippen LogP contribution is 2.29. The van der Waals surface area contributed by atoms with Gasteiger partial charge in [0.25, 0.3) is 5.91 Å². The van der Waals surface area contributed by atoms with E-state index in [1.165, 1.54) is 37.7 Å². The van der Waals surface area contributed by atoms with E-state index in [1.807, 2.05) is 25.1 Å². The summed E-state index contributed by atoms with van der Waals surface area (Å²) in [4.78, 5) is 12.0. The summed E-state index contributed by atoms with van der Waals surface area (Å²) in [6.45, 7) is 6.97. The van der Waals surface area contributed by atoms with Gasteiger partial charge in [0, 0.05) is 23.8 Å². The number of nitrogens with one attached hydrogen (secondary N) is 2. The number of anilines is 1. The molecule has 1 aromatic carbocycles. The summed E-state index contributed by atoms with van der Waals surface area (Å²) >= 11 is 0. The highest BCUT2D eigenvalue weighted by Gasteiger charge is 2.20. The van der Waals surface area contributed by atoms with E-state index in [0.29, 0.717) is 12.6 Å². The zero-order chi connectivity index (χ0) is 15.2.